The summed E-state index contributed by atoms with van der Waals surface area (Å²) in [5.41, 5.74) is 10.6. The molecule has 0 saturated heterocycles. The SMILES string of the molecule is C1=CC(c2nc(-c3ccccc3)nc(-c3ccc(-c4ccc5ccccc5c4)c4oc5ccccc5c34)n2)Cc2cc(-c3ccccc3)ccc21. The molecular weight excluding hydrogens is 623 g/mol. The Hall–Kier alpha value is -6.65. The van der Waals surface area contributed by atoms with E-state index in [1.807, 2.05) is 30.3 Å². The van der Waals surface area contributed by atoms with E-state index in [0.717, 1.165) is 56.4 Å². The molecule has 4 nitrogen and oxygen atoms in total. The lowest BCUT2D eigenvalue weighted by molar-refractivity contribution is 0.670. The van der Waals surface area contributed by atoms with E-state index in [4.69, 9.17) is 19.4 Å². The predicted octanol–water partition coefficient (Wildman–Crippen LogP) is 11.9. The standard InChI is InChI=1S/C47H31N3O/c1-3-11-30(12-4-1)35-22-19-32-21-24-37(29-38(32)28-35)46-48-45(33-14-5-2-6-15-33)49-47(50-46)41-26-25-39(36-23-20-31-13-7-8-16-34(31)27-36)44-43(41)40-17-9-10-18-42(40)51-44/h1-28,37H,29H2. The third-order valence-corrected chi connectivity index (χ3v) is 10.0. The third-order valence-electron chi connectivity index (χ3n) is 10.0. The largest absolute Gasteiger partial charge is 0.455 e. The van der Waals surface area contributed by atoms with Gasteiger partial charge < -0.3 is 4.42 Å². The summed E-state index contributed by atoms with van der Waals surface area (Å²) < 4.78 is 6.68. The highest BCUT2D eigenvalue weighted by Crippen LogP contribution is 2.42. The van der Waals surface area contributed by atoms with Gasteiger partial charge in [-0.1, -0.05) is 146 Å². The normalized spacial score (nSPS) is 13.9. The molecule has 0 fully saturated rings. The summed E-state index contributed by atoms with van der Waals surface area (Å²) in [4.78, 5) is 15.6. The van der Waals surface area contributed by atoms with E-state index >= 15 is 0 Å². The van der Waals surface area contributed by atoms with Gasteiger partial charge in [0.15, 0.2) is 11.6 Å². The molecule has 4 heteroatoms. The van der Waals surface area contributed by atoms with Crippen LogP contribution in [0.2, 0.25) is 0 Å². The summed E-state index contributed by atoms with van der Waals surface area (Å²) in [6.07, 6.45) is 5.25. The monoisotopic (exact) mass is 653 g/mol. The summed E-state index contributed by atoms with van der Waals surface area (Å²) in [5.74, 6) is 2.04. The molecule has 0 bridgehead atoms. The fraction of sp³-hybridized carbons (Fsp3) is 0.0426. The van der Waals surface area contributed by atoms with Crippen molar-refractivity contribution in [1.82, 2.24) is 15.0 Å². The zero-order valence-corrected chi connectivity index (χ0v) is 27.7. The highest BCUT2D eigenvalue weighted by molar-refractivity contribution is 6.16. The molecule has 240 valence electrons. The van der Waals surface area contributed by atoms with Crippen LogP contribution in [0.25, 0.3) is 83.8 Å². The molecule has 1 aliphatic carbocycles. The number of aromatic nitrogens is 3. The number of para-hydroxylation sites is 1. The van der Waals surface area contributed by atoms with Crippen molar-refractivity contribution in [2.75, 3.05) is 0 Å². The Labute approximate surface area is 295 Å². The average Bonchev–Trinajstić information content (AvgIpc) is 3.60. The number of rotatable bonds is 5. The van der Waals surface area contributed by atoms with Crippen molar-refractivity contribution in [2.45, 2.75) is 12.3 Å². The second-order valence-corrected chi connectivity index (χ2v) is 13.2. The van der Waals surface area contributed by atoms with Gasteiger partial charge in [0.25, 0.3) is 0 Å². The zero-order valence-electron chi connectivity index (χ0n) is 27.7. The Balaban J connectivity index is 1.14. The van der Waals surface area contributed by atoms with E-state index in [1.165, 1.54) is 33.0 Å². The number of allylic oxidation sites excluding steroid dienone is 1. The average molecular weight is 654 g/mol. The van der Waals surface area contributed by atoms with Gasteiger partial charge >= 0.3 is 0 Å². The van der Waals surface area contributed by atoms with Crippen molar-refractivity contribution in [3.63, 3.8) is 0 Å². The van der Waals surface area contributed by atoms with Gasteiger partial charge in [0.2, 0.25) is 0 Å². The van der Waals surface area contributed by atoms with E-state index in [-0.39, 0.29) is 5.92 Å². The molecule has 0 radical (unpaired) electrons. The van der Waals surface area contributed by atoms with Crippen molar-refractivity contribution in [1.29, 1.82) is 0 Å². The molecule has 0 spiro atoms. The molecule has 2 heterocycles. The fourth-order valence-electron chi connectivity index (χ4n) is 7.45. The number of hydrogen-bond acceptors (Lipinski definition) is 4. The molecule has 7 aromatic carbocycles. The lowest BCUT2D eigenvalue weighted by atomic mass is 9.87. The molecular formula is C47H31N3O. The first-order valence-electron chi connectivity index (χ1n) is 17.4. The smallest absolute Gasteiger partial charge is 0.164 e. The van der Waals surface area contributed by atoms with Crippen molar-refractivity contribution in [2.24, 2.45) is 0 Å². The molecule has 9 aromatic rings. The minimum absolute atomic E-state index is 0.0128. The maximum atomic E-state index is 6.68. The number of furan rings is 1. The summed E-state index contributed by atoms with van der Waals surface area (Å²) in [5, 5.41) is 4.44. The summed E-state index contributed by atoms with van der Waals surface area (Å²) >= 11 is 0. The van der Waals surface area contributed by atoms with Crippen LogP contribution in [-0.2, 0) is 6.42 Å². The van der Waals surface area contributed by atoms with Crippen LogP contribution >= 0.6 is 0 Å². The van der Waals surface area contributed by atoms with Crippen LogP contribution in [0.1, 0.15) is 22.9 Å². The van der Waals surface area contributed by atoms with E-state index in [0.29, 0.717) is 11.6 Å². The van der Waals surface area contributed by atoms with Gasteiger partial charge in [-0.3, -0.25) is 0 Å². The van der Waals surface area contributed by atoms with Gasteiger partial charge in [-0.2, -0.15) is 0 Å². The Morgan fingerprint density at radius 2 is 1.22 bits per heavy atom. The second kappa shape index (κ2) is 12.0. The first kappa shape index (κ1) is 29.3. The molecule has 51 heavy (non-hydrogen) atoms. The van der Waals surface area contributed by atoms with Crippen molar-refractivity contribution >= 4 is 38.8 Å². The second-order valence-electron chi connectivity index (χ2n) is 13.2. The zero-order chi connectivity index (χ0) is 33.7. The van der Waals surface area contributed by atoms with Gasteiger partial charge in [0.05, 0.1) is 0 Å². The van der Waals surface area contributed by atoms with Crippen LogP contribution in [0.5, 0.6) is 0 Å². The molecule has 0 N–H and O–H groups in total. The summed E-state index contributed by atoms with van der Waals surface area (Å²) in [6.45, 7) is 0. The van der Waals surface area contributed by atoms with Gasteiger partial charge in [-0.25, -0.2) is 15.0 Å². The maximum Gasteiger partial charge on any atom is 0.164 e. The highest BCUT2D eigenvalue weighted by atomic mass is 16.3. The summed E-state index contributed by atoms with van der Waals surface area (Å²) in [6, 6.07) is 55.1. The van der Waals surface area contributed by atoms with Gasteiger partial charge in [0.1, 0.15) is 17.0 Å². The van der Waals surface area contributed by atoms with Gasteiger partial charge in [0, 0.05) is 33.4 Å². The molecule has 1 unspecified atom stereocenters. The Kier molecular flexibility index (Phi) is 6.91. The van der Waals surface area contributed by atoms with E-state index in [2.05, 4.69) is 140 Å². The molecule has 0 amide bonds. The molecule has 2 aromatic heterocycles. The Morgan fingerprint density at radius 1 is 0.510 bits per heavy atom. The topological polar surface area (TPSA) is 51.8 Å². The molecule has 1 aliphatic rings. The maximum absolute atomic E-state index is 6.68. The van der Waals surface area contributed by atoms with Crippen LogP contribution in [-0.4, -0.2) is 15.0 Å². The van der Waals surface area contributed by atoms with Crippen LogP contribution in [0, 0.1) is 0 Å². The summed E-state index contributed by atoms with van der Waals surface area (Å²) in [7, 11) is 0. The number of benzene rings is 7. The van der Waals surface area contributed by atoms with Crippen molar-refractivity contribution in [3.8, 4) is 45.0 Å². The van der Waals surface area contributed by atoms with Crippen molar-refractivity contribution in [3.05, 3.63) is 181 Å². The van der Waals surface area contributed by atoms with Crippen LogP contribution in [0.3, 0.4) is 0 Å². The van der Waals surface area contributed by atoms with E-state index in [1.54, 1.807) is 0 Å². The quantitative estimate of drug-likeness (QED) is 0.185. The lowest BCUT2D eigenvalue weighted by Crippen LogP contribution is -2.12. The third kappa shape index (κ3) is 5.20. The van der Waals surface area contributed by atoms with Crippen LogP contribution in [0.4, 0.5) is 0 Å². The predicted molar refractivity (Wildman–Crippen MR) is 208 cm³/mol. The fourth-order valence-corrected chi connectivity index (χ4v) is 7.45. The lowest BCUT2D eigenvalue weighted by Gasteiger charge is -2.20. The van der Waals surface area contributed by atoms with Gasteiger partial charge in [-0.15, -0.1) is 0 Å². The highest BCUT2D eigenvalue weighted by Gasteiger charge is 2.24. The molecule has 0 saturated carbocycles. The molecule has 1 atom stereocenters. The Morgan fingerprint density at radius 3 is 2.08 bits per heavy atom. The number of hydrogen-bond donors (Lipinski definition) is 0. The first-order valence-corrected chi connectivity index (χ1v) is 17.4. The number of fused-ring (bicyclic) bond motifs is 5. The van der Waals surface area contributed by atoms with Crippen molar-refractivity contribution < 1.29 is 4.42 Å². The molecule has 10 rings (SSSR count). The number of nitrogens with zero attached hydrogens (tertiary/aromatic N) is 3. The minimum atomic E-state index is -0.0128. The van der Waals surface area contributed by atoms with Gasteiger partial charge in [-0.05, 0) is 69.3 Å². The Bertz CT molecular complexity index is 2780. The van der Waals surface area contributed by atoms with E-state index in [9.17, 15) is 0 Å². The van der Waals surface area contributed by atoms with E-state index < -0.39 is 0 Å². The van der Waals surface area contributed by atoms with Crippen LogP contribution in [0.15, 0.2) is 168 Å². The molecule has 0 aliphatic heterocycles. The minimum Gasteiger partial charge on any atom is -0.455 e. The van der Waals surface area contributed by atoms with Crippen LogP contribution < -0.4 is 0 Å². The first-order chi connectivity index (χ1) is 25.2.